The average Bonchev–Trinajstić information content (AvgIpc) is 3.61. The summed E-state index contributed by atoms with van der Waals surface area (Å²) in [6.45, 7) is 3.70. The molecule has 4 heterocycles. The standard InChI is InChI=1S/C30H32F2N4O6/c1-16-12-30(42-34-16)10-9-17(2)35-15-23(30)36-14-21(27(38)33-13-19-7-8-20(31)11-22(19)32)25(37)26(24(36)28(35)39)41-29(40)18-5-3-4-6-18/h7-8,11,14,17-18,23H,3-6,9-10,12-13,15H2,1-2H3,(H,33,38)/t17-,23+,30-/m0/s1. The maximum absolute atomic E-state index is 14.2. The Bertz CT molecular complexity index is 1570. The van der Waals surface area contributed by atoms with Crippen molar-refractivity contribution in [2.75, 3.05) is 6.54 Å². The summed E-state index contributed by atoms with van der Waals surface area (Å²) >= 11 is 0. The normalized spacial score (nSPS) is 25.1. The first-order valence-electron chi connectivity index (χ1n) is 14.3. The molecule has 1 aromatic carbocycles. The van der Waals surface area contributed by atoms with Crippen molar-refractivity contribution in [3.05, 3.63) is 63.1 Å². The topological polar surface area (TPSA) is 119 Å². The third kappa shape index (κ3) is 4.76. The number of rotatable bonds is 5. The molecule has 1 spiro atoms. The van der Waals surface area contributed by atoms with Gasteiger partial charge in [0.05, 0.1) is 17.7 Å². The second-order valence-corrected chi connectivity index (χ2v) is 11.8. The third-order valence-corrected chi connectivity index (χ3v) is 9.01. The molecule has 1 N–H and O–H groups in total. The van der Waals surface area contributed by atoms with Gasteiger partial charge in [-0.25, -0.2) is 8.78 Å². The van der Waals surface area contributed by atoms with Gasteiger partial charge in [-0.15, -0.1) is 0 Å². The van der Waals surface area contributed by atoms with Crippen LogP contribution in [-0.4, -0.2) is 51.2 Å². The highest BCUT2D eigenvalue weighted by atomic mass is 19.1. The Kier molecular flexibility index (Phi) is 7.10. The number of carbonyl (C=O) groups is 3. The molecule has 4 aliphatic rings. The molecule has 2 aromatic rings. The lowest BCUT2D eigenvalue weighted by Gasteiger charge is -2.42. The van der Waals surface area contributed by atoms with Gasteiger partial charge in [0.15, 0.2) is 11.3 Å². The van der Waals surface area contributed by atoms with E-state index in [-0.39, 0.29) is 36.0 Å². The van der Waals surface area contributed by atoms with Crippen LogP contribution in [-0.2, 0) is 16.2 Å². The van der Waals surface area contributed by atoms with Gasteiger partial charge >= 0.3 is 5.97 Å². The lowest BCUT2D eigenvalue weighted by Crippen LogP contribution is -2.52. The van der Waals surface area contributed by atoms with E-state index in [1.54, 1.807) is 4.90 Å². The predicted molar refractivity (Wildman–Crippen MR) is 146 cm³/mol. The summed E-state index contributed by atoms with van der Waals surface area (Å²) in [5.41, 5.74) is -1.44. The van der Waals surface area contributed by atoms with E-state index in [4.69, 9.17) is 9.57 Å². The summed E-state index contributed by atoms with van der Waals surface area (Å²) in [4.78, 5) is 62.1. The van der Waals surface area contributed by atoms with Crippen LogP contribution >= 0.6 is 0 Å². The number of aromatic nitrogens is 1. The van der Waals surface area contributed by atoms with Crippen LogP contribution in [0, 0.1) is 17.6 Å². The van der Waals surface area contributed by atoms with Gasteiger partial charge in [0, 0.05) is 43.4 Å². The molecule has 2 amide bonds. The molecule has 1 aromatic heterocycles. The number of pyridine rings is 1. The fourth-order valence-electron chi connectivity index (χ4n) is 6.65. The number of amides is 2. The number of carbonyl (C=O) groups excluding carboxylic acids is 3. The lowest BCUT2D eigenvalue weighted by atomic mass is 9.84. The van der Waals surface area contributed by atoms with Gasteiger partial charge in [-0.05, 0) is 45.6 Å². The molecule has 0 unspecified atom stereocenters. The maximum atomic E-state index is 14.2. The van der Waals surface area contributed by atoms with E-state index in [2.05, 4.69) is 10.5 Å². The first-order chi connectivity index (χ1) is 20.1. The zero-order valence-corrected chi connectivity index (χ0v) is 23.5. The van der Waals surface area contributed by atoms with Crippen LogP contribution in [0.2, 0.25) is 0 Å². The van der Waals surface area contributed by atoms with Crippen molar-refractivity contribution >= 4 is 23.5 Å². The number of hydrogen-bond donors (Lipinski definition) is 1. The number of nitrogens with zero attached hydrogens (tertiary/aromatic N) is 3. The first-order valence-corrected chi connectivity index (χ1v) is 14.3. The quantitative estimate of drug-likeness (QED) is 0.535. The molecule has 3 atom stereocenters. The minimum absolute atomic E-state index is 0.0187. The van der Waals surface area contributed by atoms with E-state index in [1.165, 1.54) is 16.8 Å². The summed E-state index contributed by atoms with van der Waals surface area (Å²) < 4.78 is 34.9. The number of ether oxygens (including phenoxy) is 1. The monoisotopic (exact) mass is 582 g/mol. The Morgan fingerprint density at radius 3 is 2.64 bits per heavy atom. The molecule has 3 aliphatic heterocycles. The number of oxime groups is 1. The van der Waals surface area contributed by atoms with Gasteiger partial charge in [0.25, 0.3) is 11.8 Å². The maximum Gasteiger partial charge on any atom is 0.314 e. The van der Waals surface area contributed by atoms with Gasteiger partial charge in [-0.3, -0.25) is 19.2 Å². The zero-order chi connectivity index (χ0) is 29.8. The average molecular weight is 583 g/mol. The van der Waals surface area contributed by atoms with Crippen LogP contribution in [0.3, 0.4) is 0 Å². The molecule has 12 heteroatoms. The molecule has 6 rings (SSSR count). The zero-order valence-electron chi connectivity index (χ0n) is 23.5. The lowest BCUT2D eigenvalue weighted by molar-refractivity contribution is -0.138. The Morgan fingerprint density at radius 1 is 1.19 bits per heavy atom. The predicted octanol–water partition coefficient (Wildman–Crippen LogP) is 3.87. The number of fused-ring (bicyclic) bond motifs is 5. The summed E-state index contributed by atoms with van der Waals surface area (Å²) in [7, 11) is 0. The SMILES string of the molecule is CC1=NO[C@@]2(CC[C@H](C)N3C[C@H]2n2cc(C(=O)NCc4ccc(F)cc4F)c(=O)c(OC(=O)C4CCCC4)c2C3=O)C1. The first kappa shape index (κ1) is 28.0. The molecule has 222 valence electrons. The van der Waals surface area contributed by atoms with Crippen LogP contribution in [0.1, 0.15) is 91.2 Å². The minimum Gasteiger partial charge on any atom is -0.420 e. The summed E-state index contributed by atoms with van der Waals surface area (Å²) in [6.07, 6.45) is 5.90. The number of benzene rings is 1. The van der Waals surface area contributed by atoms with Gasteiger partial charge in [0.1, 0.15) is 17.2 Å². The third-order valence-electron chi connectivity index (χ3n) is 9.01. The summed E-state index contributed by atoms with van der Waals surface area (Å²) in [5, 5.41) is 6.71. The molecule has 2 fully saturated rings. The fraction of sp³-hybridized carbons (Fsp3) is 0.500. The molecule has 0 radical (unpaired) electrons. The largest absolute Gasteiger partial charge is 0.420 e. The molecular formula is C30H32F2N4O6. The highest BCUT2D eigenvalue weighted by molar-refractivity contribution is 6.00. The van der Waals surface area contributed by atoms with Crippen molar-refractivity contribution in [3.63, 3.8) is 0 Å². The summed E-state index contributed by atoms with van der Waals surface area (Å²) in [5.74, 6) is -4.47. The molecule has 1 saturated heterocycles. The number of nitrogens with one attached hydrogen (secondary N) is 1. The Labute approximate surface area is 240 Å². The van der Waals surface area contributed by atoms with E-state index >= 15 is 0 Å². The Hall–Kier alpha value is -4.09. The fourth-order valence-corrected chi connectivity index (χ4v) is 6.65. The van der Waals surface area contributed by atoms with Crippen LogP contribution in [0.4, 0.5) is 8.78 Å². The van der Waals surface area contributed by atoms with Crippen LogP contribution in [0.5, 0.6) is 5.75 Å². The molecule has 1 aliphatic carbocycles. The van der Waals surface area contributed by atoms with E-state index in [1.807, 2.05) is 13.8 Å². The van der Waals surface area contributed by atoms with E-state index < -0.39 is 58.2 Å². The van der Waals surface area contributed by atoms with Gasteiger partial charge < -0.3 is 24.4 Å². The van der Waals surface area contributed by atoms with E-state index in [0.717, 1.165) is 24.6 Å². The van der Waals surface area contributed by atoms with Crippen molar-refractivity contribution in [2.45, 2.75) is 83.0 Å². The van der Waals surface area contributed by atoms with Crippen LogP contribution in [0.15, 0.2) is 34.3 Å². The number of esters is 1. The molecule has 1 saturated carbocycles. The highest BCUT2D eigenvalue weighted by Gasteiger charge is 2.54. The minimum atomic E-state index is -0.917. The molecule has 42 heavy (non-hydrogen) atoms. The van der Waals surface area contributed by atoms with Gasteiger partial charge in [0.2, 0.25) is 11.2 Å². The van der Waals surface area contributed by atoms with Crippen LogP contribution in [0.25, 0.3) is 0 Å². The number of hydrogen-bond acceptors (Lipinski definition) is 7. The van der Waals surface area contributed by atoms with Gasteiger partial charge in [-0.1, -0.05) is 24.1 Å². The second-order valence-electron chi connectivity index (χ2n) is 11.8. The van der Waals surface area contributed by atoms with Gasteiger partial charge in [-0.2, -0.15) is 0 Å². The molecular weight excluding hydrogens is 550 g/mol. The highest BCUT2D eigenvalue weighted by Crippen LogP contribution is 2.46. The Balaban J connectivity index is 1.45. The van der Waals surface area contributed by atoms with Crippen LogP contribution < -0.4 is 15.5 Å². The molecule has 10 nitrogen and oxygen atoms in total. The smallest absolute Gasteiger partial charge is 0.314 e. The van der Waals surface area contributed by atoms with Crippen molar-refractivity contribution in [2.24, 2.45) is 11.1 Å². The van der Waals surface area contributed by atoms with Crippen molar-refractivity contribution in [3.8, 4) is 5.75 Å². The van der Waals surface area contributed by atoms with E-state index in [0.29, 0.717) is 38.2 Å². The summed E-state index contributed by atoms with van der Waals surface area (Å²) in [6, 6.07) is 2.24. The Morgan fingerprint density at radius 2 is 1.95 bits per heavy atom. The molecule has 2 bridgehead atoms. The second kappa shape index (κ2) is 10.6. The van der Waals surface area contributed by atoms with Crippen molar-refractivity contribution < 1.29 is 32.7 Å². The van der Waals surface area contributed by atoms with Crippen molar-refractivity contribution in [1.29, 1.82) is 0 Å². The number of halogens is 2. The van der Waals surface area contributed by atoms with E-state index in [9.17, 15) is 28.0 Å². The van der Waals surface area contributed by atoms with Crippen molar-refractivity contribution in [1.82, 2.24) is 14.8 Å².